The molecule has 7 nitrogen and oxygen atoms in total. The van der Waals surface area contributed by atoms with E-state index >= 15 is 0 Å². The van der Waals surface area contributed by atoms with E-state index in [-0.39, 0.29) is 17.5 Å². The molecule has 2 aromatic heterocycles. The highest BCUT2D eigenvalue weighted by molar-refractivity contribution is 5.94. The molecule has 1 N–H and O–H groups in total. The Morgan fingerprint density at radius 3 is 3.00 bits per heavy atom. The zero-order chi connectivity index (χ0) is 19.5. The third kappa shape index (κ3) is 3.71. The van der Waals surface area contributed by atoms with Crippen molar-refractivity contribution in [1.29, 1.82) is 0 Å². The van der Waals surface area contributed by atoms with Crippen LogP contribution in [0.1, 0.15) is 41.6 Å². The van der Waals surface area contributed by atoms with Crippen molar-refractivity contribution in [2.75, 3.05) is 13.2 Å². The van der Waals surface area contributed by atoms with Gasteiger partial charge in [0.15, 0.2) is 12.0 Å². The van der Waals surface area contributed by atoms with Gasteiger partial charge in [-0.15, -0.1) is 0 Å². The summed E-state index contributed by atoms with van der Waals surface area (Å²) < 4.78 is 12.3. The van der Waals surface area contributed by atoms with Crippen LogP contribution in [0, 0.1) is 0 Å². The van der Waals surface area contributed by atoms with Crippen molar-refractivity contribution in [3.63, 3.8) is 0 Å². The standard InChI is InChI=1S/C21H23N3O4/c1-2-27-9-8-24-12-14(6-7-19(24)25)21(26)23-16-10-15(11-16)17-4-3-5-18-20(17)28-13-22-18/h3-7,12-13,15-16H,2,8-11H2,1H3,(H,23,26). The fraction of sp³-hybridized carbons (Fsp3) is 0.381. The third-order valence-corrected chi connectivity index (χ3v) is 5.23. The molecule has 4 rings (SSSR count). The molecule has 0 radical (unpaired) electrons. The number of hydrogen-bond donors (Lipinski definition) is 1. The Morgan fingerprint density at radius 2 is 2.18 bits per heavy atom. The number of amides is 1. The number of rotatable bonds is 7. The van der Waals surface area contributed by atoms with Gasteiger partial charge in [0, 0.05) is 37.0 Å². The summed E-state index contributed by atoms with van der Waals surface area (Å²) in [7, 11) is 0. The van der Waals surface area contributed by atoms with Gasteiger partial charge < -0.3 is 19.0 Å². The number of para-hydroxylation sites is 1. The van der Waals surface area contributed by atoms with E-state index < -0.39 is 0 Å². The molecule has 0 unspecified atom stereocenters. The van der Waals surface area contributed by atoms with Gasteiger partial charge in [-0.25, -0.2) is 4.98 Å². The molecule has 1 aromatic carbocycles. The van der Waals surface area contributed by atoms with Crippen molar-refractivity contribution in [3.8, 4) is 0 Å². The van der Waals surface area contributed by atoms with Gasteiger partial charge in [0.1, 0.15) is 5.52 Å². The molecule has 0 saturated heterocycles. The minimum atomic E-state index is -0.161. The molecule has 28 heavy (non-hydrogen) atoms. The van der Waals surface area contributed by atoms with E-state index in [1.807, 2.05) is 19.1 Å². The van der Waals surface area contributed by atoms with Crippen LogP contribution in [0.4, 0.5) is 0 Å². The van der Waals surface area contributed by atoms with Gasteiger partial charge in [-0.05, 0) is 37.8 Å². The molecular weight excluding hydrogens is 358 g/mol. The number of hydrogen-bond acceptors (Lipinski definition) is 5. The van der Waals surface area contributed by atoms with E-state index in [4.69, 9.17) is 9.15 Å². The molecule has 1 saturated carbocycles. The first-order chi connectivity index (χ1) is 13.7. The minimum absolute atomic E-state index is 0.111. The average Bonchev–Trinajstić information content (AvgIpc) is 3.15. The number of nitrogens with zero attached hydrogens (tertiary/aromatic N) is 2. The molecule has 0 bridgehead atoms. The van der Waals surface area contributed by atoms with Crippen LogP contribution in [0.25, 0.3) is 11.1 Å². The molecule has 2 heterocycles. The summed E-state index contributed by atoms with van der Waals surface area (Å²) in [6.45, 7) is 3.38. The van der Waals surface area contributed by atoms with Gasteiger partial charge in [-0.1, -0.05) is 12.1 Å². The zero-order valence-electron chi connectivity index (χ0n) is 15.8. The minimum Gasteiger partial charge on any atom is -0.443 e. The molecule has 7 heteroatoms. The van der Waals surface area contributed by atoms with Crippen LogP contribution in [-0.2, 0) is 11.3 Å². The monoisotopic (exact) mass is 381 g/mol. The SMILES string of the molecule is CCOCCn1cc(C(=O)NC2CC(c3cccc4ncoc34)C2)ccc1=O. The van der Waals surface area contributed by atoms with E-state index in [2.05, 4.69) is 16.4 Å². The maximum absolute atomic E-state index is 12.6. The van der Waals surface area contributed by atoms with E-state index in [0.717, 1.165) is 29.5 Å². The van der Waals surface area contributed by atoms with E-state index in [0.29, 0.717) is 31.2 Å². The topological polar surface area (TPSA) is 86.4 Å². The molecule has 1 fully saturated rings. The first-order valence-corrected chi connectivity index (χ1v) is 9.57. The first kappa shape index (κ1) is 18.4. The number of ether oxygens (including phenoxy) is 1. The Labute approximate surface area is 162 Å². The fourth-order valence-corrected chi connectivity index (χ4v) is 3.64. The normalized spacial score (nSPS) is 18.8. The highest BCUT2D eigenvalue weighted by Gasteiger charge is 2.33. The summed E-state index contributed by atoms with van der Waals surface area (Å²) in [6, 6.07) is 9.08. The predicted octanol–water partition coefficient (Wildman–Crippen LogP) is 2.70. The first-order valence-electron chi connectivity index (χ1n) is 9.57. The molecule has 1 aliphatic carbocycles. The second kappa shape index (κ2) is 7.98. The highest BCUT2D eigenvalue weighted by Crippen LogP contribution is 2.39. The van der Waals surface area contributed by atoms with Gasteiger partial charge in [-0.3, -0.25) is 9.59 Å². The predicted molar refractivity (Wildman–Crippen MR) is 104 cm³/mol. The highest BCUT2D eigenvalue weighted by atomic mass is 16.5. The second-order valence-electron chi connectivity index (χ2n) is 7.03. The Kier molecular flexibility index (Phi) is 5.25. The number of carbonyl (C=O) groups excluding carboxylic acids is 1. The van der Waals surface area contributed by atoms with Crippen LogP contribution in [0.15, 0.2) is 52.1 Å². The summed E-state index contributed by atoms with van der Waals surface area (Å²) in [4.78, 5) is 28.7. The van der Waals surface area contributed by atoms with Crippen LogP contribution < -0.4 is 10.9 Å². The summed E-state index contributed by atoms with van der Waals surface area (Å²) in [5.74, 6) is 0.189. The van der Waals surface area contributed by atoms with Gasteiger partial charge >= 0.3 is 0 Å². The van der Waals surface area contributed by atoms with Gasteiger partial charge in [0.05, 0.1) is 12.2 Å². The van der Waals surface area contributed by atoms with Crippen LogP contribution in [0.3, 0.4) is 0 Å². The number of nitrogens with one attached hydrogen (secondary N) is 1. The van der Waals surface area contributed by atoms with Crippen LogP contribution in [0.2, 0.25) is 0 Å². The Hall–Kier alpha value is -2.93. The number of oxazole rings is 1. The van der Waals surface area contributed by atoms with E-state index in [9.17, 15) is 9.59 Å². The summed E-state index contributed by atoms with van der Waals surface area (Å²) in [5, 5.41) is 3.06. The fourth-order valence-electron chi connectivity index (χ4n) is 3.64. The Balaban J connectivity index is 1.37. The van der Waals surface area contributed by atoms with Crippen molar-refractivity contribution in [2.24, 2.45) is 0 Å². The van der Waals surface area contributed by atoms with Gasteiger partial charge in [0.25, 0.3) is 11.5 Å². The molecule has 1 amide bonds. The Bertz CT molecular complexity index is 1030. The third-order valence-electron chi connectivity index (χ3n) is 5.23. The Morgan fingerprint density at radius 1 is 1.32 bits per heavy atom. The van der Waals surface area contributed by atoms with Crippen molar-refractivity contribution in [2.45, 2.75) is 38.3 Å². The van der Waals surface area contributed by atoms with Crippen molar-refractivity contribution in [3.05, 3.63) is 64.4 Å². The maximum Gasteiger partial charge on any atom is 0.252 e. The van der Waals surface area contributed by atoms with Crippen molar-refractivity contribution >= 4 is 17.0 Å². The summed E-state index contributed by atoms with van der Waals surface area (Å²) >= 11 is 0. The molecule has 146 valence electrons. The van der Waals surface area contributed by atoms with Gasteiger partial charge in [-0.2, -0.15) is 0 Å². The second-order valence-corrected chi connectivity index (χ2v) is 7.03. The quantitative estimate of drug-likeness (QED) is 0.636. The molecule has 0 aliphatic heterocycles. The lowest BCUT2D eigenvalue weighted by Crippen LogP contribution is -2.43. The lowest BCUT2D eigenvalue weighted by molar-refractivity contribution is 0.0907. The lowest BCUT2D eigenvalue weighted by atomic mass is 9.75. The maximum atomic E-state index is 12.6. The van der Waals surface area contributed by atoms with E-state index in [1.54, 1.807) is 12.3 Å². The summed E-state index contributed by atoms with van der Waals surface area (Å²) in [6.07, 6.45) is 4.78. The summed E-state index contributed by atoms with van der Waals surface area (Å²) in [5.41, 5.74) is 3.18. The molecule has 0 atom stereocenters. The van der Waals surface area contributed by atoms with Crippen LogP contribution in [-0.4, -0.2) is 34.7 Å². The molecular formula is C21H23N3O4. The van der Waals surface area contributed by atoms with E-state index in [1.165, 1.54) is 17.0 Å². The largest absolute Gasteiger partial charge is 0.443 e. The smallest absolute Gasteiger partial charge is 0.252 e. The molecule has 3 aromatic rings. The van der Waals surface area contributed by atoms with Crippen molar-refractivity contribution in [1.82, 2.24) is 14.9 Å². The number of carbonyl (C=O) groups is 1. The molecule has 0 spiro atoms. The average molecular weight is 381 g/mol. The number of pyridine rings is 1. The van der Waals surface area contributed by atoms with Gasteiger partial charge in [0.2, 0.25) is 0 Å². The lowest BCUT2D eigenvalue weighted by Gasteiger charge is -2.36. The number of benzene rings is 1. The molecule has 1 aliphatic rings. The van der Waals surface area contributed by atoms with Crippen LogP contribution in [0.5, 0.6) is 0 Å². The number of aromatic nitrogens is 2. The zero-order valence-corrected chi connectivity index (χ0v) is 15.8. The van der Waals surface area contributed by atoms with Crippen LogP contribution >= 0.6 is 0 Å². The van der Waals surface area contributed by atoms with Crippen molar-refractivity contribution < 1.29 is 13.9 Å². The number of fused-ring (bicyclic) bond motifs is 1.